The van der Waals surface area contributed by atoms with Crippen molar-refractivity contribution in [3.05, 3.63) is 39.5 Å². The summed E-state index contributed by atoms with van der Waals surface area (Å²) in [5.74, 6) is 0. The van der Waals surface area contributed by atoms with Crippen LogP contribution in [0.25, 0.3) is 11.3 Å². The third-order valence-electron chi connectivity index (χ3n) is 2.71. The molecule has 0 atom stereocenters. The van der Waals surface area contributed by atoms with Gasteiger partial charge in [-0.05, 0) is 32.9 Å². The van der Waals surface area contributed by atoms with Gasteiger partial charge in [0.1, 0.15) is 10.8 Å². The molecule has 1 heterocycles. The van der Waals surface area contributed by atoms with E-state index in [2.05, 4.69) is 21.0 Å². The van der Waals surface area contributed by atoms with Gasteiger partial charge in [0.2, 0.25) is 0 Å². The maximum absolute atomic E-state index is 11.3. The summed E-state index contributed by atoms with van der Waals surface area (Å²) in [7, 11) is 0. The van der Waals surface area contributed by atoms with Crippen molar-refractivity contribution in [3.8, 4) is 11.3 Å². The molecular weight excluding hydrogens is 328 g/mol. The van der Waals surface area contributed by atoms with Gasteiger partial charge >= 0.3 is 0 Å². The van der Waals surface area contributed by atoms with Crippen LogP contribution in [-0.4, -0.2) is 16.1 Å². The van der Waals surface area contributed by atoms with Crippen LogP contribution in [0.2, 0.25) is 5.15 Å². The molecule has 0 saturated heterocycles. The van der Waals surface area contributed by atoms with Crippen molar-refractivity contribution in [1.29, 1.82) is 0 Å². The SMILES string of the molecule is CC(C)(C)n1nc(-c2cccc(Br)c2)c(C=O)c1Cl. The number of aromatic nitrogens is 2. The second-order valence-corrected chi connectivity index (χ2v) is 6.54. The molecule has 2 rings (SSSR count). The van der Waals surface area contributed by atoms with Crippen LogP contribution in [0.4, 0.5) is 0 Å². The Morgan fingerprint density at radius 1 is 1.37 bits per heavy atom. The lowest BCUT2D eigenvalue weighted by atomic mass is 10.1. The van der Waals surface area contributed by atoms with E-state index in [1.54, 1.807) is 4.68 Å². The van der Waals surface area contributed by atoms with E-state index in [1.165, 1.54) is 0 Å². The summed E-state index contributed by atoms with van der Waals surface area (Å²) < 4.78 is 2.61. The van der Waals surface area contributed by atoms with E-state index in [1.807, 2.05) is 45.0 Å². The summed E-state index contributed by atoms with van der Waals surface area (Å²) in [6.07, 6.45) is 0.758. The topological polar surface area (TPSA) is 34.9 Å². The zero-order chi connectivity index (χ0) is 14.2. The molecule has 0 spiro atoms. The van der Waals surface area contributed by atoms with Crippen LogP contribution in [-0.2, 0) is 5.54 Å². The van der Waals surface area contributed by atoms with Crippen molar-refractivity contribution in [1.82, 2.24) is 9.78 Å². The van der Waals surface area contributed by atoms with E-state index < -0.39 is 0 Å². The van der Waals surface area contributed by atoms with Crippen molar-refractivity contribution < 1.29 is 4.79 Å². The summed E-state index contributed by atoms with van der Waals surface area (Å²) in [6, 6.07) is 7.65. The lowest BCUT2D eigenvalue weighted by Crippen LogP contribution is -2.23. The third-order valence-corrected chi connectivity index (χ3v) is 3.57. The zero-order valence-electron chi connectivity index (χ0n) is 10.9. The second kappa shape index (κ2) is 5.10. The van der Waals surface area contributed by atoms with Gasteiger partial charge in [-0.25, -0.2) is 4.68 Å². The highest BCUT2D eigenvalue weighted by Crippen LogP contribution is 2.32. The molecule has 19 heavy (non-hydrogen) atoms. The lowest BCUT2D eigenvalue weighted by molar-refractivity contribution is 0.112. The molecule has 5 heteroatoms. The normalized spacial score (nSPS) is 11.6. The van der Waals surface area contributed by atoms with Crippen molar-refractivity contribution in [2.75, 3.05) is 0 Å². The number of hydrogen-bond donors (Lipinski definition) is 0. The largest absolute Gasteiger partial charge is 0.298 e. The molecule has 0 aliphatic heterocycles. The molecule has 1 aromatic heterocycles. The number of rotatable bonds is 2. The molecule has 0 radical (unpaired) electrons. The van der Waals surface area contributed by atoms with E-state index >= 15 is 0 Å². The third kappa shape index (κ3) is 2.74. The first-order chi connectivity index (χ1) is 8.84. The number of halogens is 2. The molecule has 0 fully saturated rings. The zero-order valence-corrected chi connectivity index (χ0v) is 13.3. The van der Waals surface area contributed by atoms with Gasteiger partial charge in [0, 0.05) is 10.0 Å². The van der Waals surface area contributed by atoms with Crippen molar-refractivity contribution in [2.45, 2.75) is 26.3 Å². The summed E-state index contributed by atoms with van der Waals surface area (Å²) in [5, 5.41) is 4.87. The fraction of sp³-hybridized carbons (Fsp3) is 0.286. The van der Waals surface area contributed by atoms with Gasteiger partial charge in [0.05, 0.1) is 11.1 Å². The molecular formula is C14H14BrClN2O. The van der Waals surface area contributed by atoms with E-state index in [-0.39, 0.29) is 5.54 Å². The minimum absolute atomic E-state index is 0.279. The van der Waals surface area contributed by atoms with Crippen LogP contribution >= 0.6 is 27.5 Å². The summed E-state index contributed by atoms with van der Waals surface area (Å²) in [6.45, 7) is 5.97. The first-order valence-corrected chi connectivity index (χ1v) is 7.02. The first kappa shape index (κ1) is 14.3. The highest BCUT2D eigenvalue weighted by Gasteiger charge is 2.24. The van der Waals surface area contributed by atoms with Crippen LogP contribution in [0.15, 0.2) is 28.7 Å². The Labute approximate surface area is 125 Å². The average molecular weight is 342 g/mol. The number of benzene rings is 1. The highest BCUT2D eigenvalue weighted by molar-refractivity contribution is 9.10. The van der Waals surface area contributed by atoms with E-state index in [0.29, 0.717) is 16.4 Å². The predicted molar refractivity (Wildman–Crippen MR) is 80.8 cm³/mol. The van der Waals surface area contributed by atoms with Gasteiger partial charge in [-0.15, -0.1) is 0 Å². The molecule has 0 N–H and O–H groups in total. The van der Waals surface area contributed by atoms with Crippen LogP contribution in [0.3, 0.4) is 0 Å². The molecule has 2 aromatic rings. The number of aldehydes is 1. The smallest absolute Gasteiger partial charge is 0.155 e. The second-order valence-electron chi connectivity index (χ2n) is 5.26. The van der Waals surface area contributed by atoms with Crippen LogP contribution in [0.1, 0.15) is 31.1 Å². The van der Waals surface area contributed by atoms with Gasteiger partial charge in [-0.3, -0.25) is 4.79 Å². The Hall–Kier alpha value is -1.13. The molecule has 0 aliphatic carbocycles. The quantitative estimate of drug-likeness (QED) is 0.752. The minimum Gasteiger partial charge on any atom is -0.298 e. The minimum atomic E-state index is -0.279. The number of nitrogens with zero attached hydrogens (tertiary/aromatic N) is 2. The molecule has 0 unspecified atom stereocenters. The Balaban J connectivity index is 2.68. The Morgan fingerprint density at radius 3 is 2.58 bits per heavy atom. The maximum Gasteiger partial charge on any atom is 0.155 e. The van der Waals surface area contributed by atoms with Gasteiger partial charge < -0.3 is 0 Å². The molecule has 3 nitrogen and oxygen atoms in total. The average Bonchev–Trinajstić information content (AvgIpc) is 2.66. The molecule has 0 amide bonds. The first-order valence-electron chi connectivity index (χ1n) is 5.84. The van der Waals surface area contributed by atoms with E-state index in [4.69, 9.17) is 11.6 Å². The monoisotopic (exact) mass is 340 g/mol. The molecule has 1 aromatic carbocycles. The van der Waals surface area contributed by atoms with E-state index in [9.17, 15) is 4.79 Å². The Bertz CT molecular complexity index is 629. The Morgan fingerprint density at radius 2 is 2.05 bits per heavy atom. The number of carbonyl (C=O) groups excluding carboxylic acids is 1. The van der Waals surface area contributed by atoms with Gasteiger partial charge in [0.15, 0.2) is 6.29 Å². The highest BCUT2D eigenvalue weighted by atomic mass is 79.9. The standard InChI is InChI=1S/C14H14BrClN2O/c1-14(2,3)18-13(16)11(8-19)12(17-18)9-5-4-6-10(15)7-9/h4-8H,1-3H3. The summed E-state index contributed by atoms with van der Waals surface area (Å²) in [5.41, 5.74) is 1.62. The van der Waals surface area contributed by atoms with Crippen molar-refractivity contribution >= 4 is 33.8 Å². The number of hydrogen-bond acceptors (Lipinski definition) is 2. The summed E-state index contributed by atoms with van der Waals surface area (Å²) in [4.78, 5) is 11.3. The van der Waals surface area contributed by atoms with Gasteiger partial charge in [-0.1, -0.05) is 39.7 Å². The van der Waals surface area contributed by atoms with Gasteiger partial charge in [0.25, 0.3) is 0 Å². The molecule has 100 valence electrons. The molecule has 0 aliphatic rings. The van der Waals surface area contributed by atoms with Crippen LogP contribution in [0.5, 0.6) is 0 Å². The molecule has 0 bridgehead atoms. The fourth-order valence-electron chi connectivity index (χ4n) is 1.81. The lowest BCUT2D eigenvalue weighted by Gasteiger charge is -2.20. The van der Waals surface area contributed by atoms with Crippen molar-refractivity contribution in [2.24, 2.45) is 0 Å². The van der Waals surface area contributed by atoms with Crippen LogP contribution < -0.4 is 0 Å². The van der Waals surface area contributed by atoms with Crippen LogP contribution in [0, 0.1) is 0 Å². The van der Waals surface area contributed by atoms with E-state index in [0.717, 1.165) is 16.3 Å². The Kier molecular flexibility index (Phi) is 3.83. The molecule has 0 saturated carbocycles. The number of carbonyl (C=O) groups is 1. The summed E-state index contributed by atoms with van der Waals surface area (Å²) >= 11 is 9.68. The van der Waals surface area contributed by atoms with Gasteiger partial charge in [-0.2, -0.15) is 5.10 Å². The fourth-order valence-corrected chi connectivity index (χ4v) is 2.63. The van der Waals surface area contributed by atoms with Crippen molar-refractivity contribution in [3.63, 3.8) is 0 Å². The predicted octanol–water partition coefficient (Wildman–Crippen LogP) is 4.53. The maximum atomic E-state index is 11.3.